The number of likely N-dealkylation sites (N-methyl/N-ethyl adjacent to an activating group) is 1. The van der Waals surface area contributed by atoms with Crippen molar-refractivity contribution in [1.82, 2.24) is 9.80 Å². The number of carbonyl (C=O) groups excluding carboxylic acids is 2. The summed E-state index contributed by atoms with van der Waals surface area (Å²) >= 11 is 0. The number of anilines is 1. The van der Waals surface area contributed by atoms with E-state index < -0.39 is 0 Å². The van der Waals surface area contributed by atoms with Gasteiger partial charge in [-0.25, -0.2) is 9.29 Å². The molecule has 2 aromatic rings. The van der Waals surface area contributed by atoms with Gasteiger partial charge in [0.25, 0.3) is 11.8 Å². The maximum Gasteiger partial charge on any atom is 0.282 e. The van der Waals surface area contributed by atoms with Crippen molar-refractivity contribution in [1.29, 1.82) is 0 Å². The Balaban J connectivity index is 1.82. The Hall–Kier alpha value is -2.99. The van der Waals surface area contributed by atoms with Gasteiger partial charge in [-0.15, -0.1) is 0 Å². The van der Waals surface area contributed by atoms with Crippen LogP contribution in [0, 0.1) is 19.7 Å². The number of nitrogens with zero attached hydrogens (tertiary/aromatic N) is 3. The number of halogens is 1. The molecule has 0 aliphatic carbocycles. The molecule has 2 aliphatic rings. The molecule has 5 nitrogen and oxygen atoms in total. The highest BCUT2D eigenvalue weighted by atomic mass is 19.1. The van der Waals surface area contributed by atoms with E-state index in [0.29, 0.717) is 35.6 Å². The van der Waals surface area contributed by atoms with E-state index in [9.17, 15) is 14.0 Å². The monoisotopic (exact) mass is 393 g/mol. The van der Waals surface area contributed by atoms with E-state index >= 15 is 0 Å². The van der Waals surface area contributed by atoms with E-state index in [1.54, 1.807) is 12.1 Å². The number of amides is 2. The van der Waals surface area contributed by atoms with Crippen LogP contribution in [0.2, 0.25) is 0 Å². The summed E-state index contributed by atoms with van der Waals surface area (Å²) in [6.07, 6.45) is 0. The van der Waals surface area contributed by atoms with E-state index in [1.807, 2.05) is 44.0 Å². The highest BCUT2D eigenvalue weighted by molar-refractivity contribution is 6.45. The lowest BCUT2D eigenvalue weighted by molar-refractivity contribution is -0.120. The number of piperazine rings is 1. The minimum atomic E-state index is -0.376. The van der Waals surface area contributed by atoms with Gasteiger partial charge in [-0.05, 0) is 50.2 Å². The minimum Gasteiger partial charge on any atom is -0.364 e. The standard InChI is InChI=1S/C23H24FN3O2/c1-15-4-9-19(16(2)14-15)27-22(28)20(17-5-7-18(24)8-6-17)21(23(27)29)26-12-10-25(3)11-13-26/h4-9,14H,10-13H2,1-3H3. The first-order valence-corrected chi connectivity index (χ1v) is 9.76. The predicted molar refractivity (Wildman–Crippen MR) is 111 cm³/mol. The lowest BCUT2D eigenvalue weighted by Gasteiger charge is -2.34. The van der Waals surface area contributed by atoms with Crippen LogP contribution in [-0.2, 0) is 9.59 Å². The number of rotatable bonds is 3. The molecule has 0 radical (unpaired) electrons. The Morgan fingerprint density at radius 2 is 1.52 bits per heavy atom. The second-order valence-corrected chi connectivity index (χ2v) is 7.76. The second-order valence-electron chi connectivity index (χ2n) is 7.76. The van der Waals surface area contributed by atoms with Crippen LogP contribution in [0.25, 0.3) is 5.57 Å². The van der Waals surface area contributed by atoms with E-state index in [-0.39, 0.29) is 17.6 Å². The van der Waals surface area contributed by atoms with Crippen LogP contribution in [0.15, 0.2) is 48.2 Å². The van der Waals surface area contributed by atoms with Gasteiger partial charge in [0.2, 0.25) is 0 Å². The summed E-state index contributed by atoms with van der Waals surface area (Å²) in [4.78, 5) is 32.4. The first-order valence-electron chi connectivity index (χ1n) is 9.76. The number of hydrogen-bond acceptors (Lipinski definition) is 4. The van der Waals surface area contributed by atoms with Crippen molar-refractivity contribution in [2.75, 3.05) is 38.1 Å². The third-order valence-electron chi connectivity index (χ3n) is 5.61. The largest absolute Gasteiger partial charge is 0.364 e. The molecule has 150 valence electrons. The zero-order valence-electron chi connectivity index (χ0n) is 16.9. The topological polar surface area (TPSA) is 43.9 Å². The van der Waals surface area contributed by atoms with E-state index in [4.69, 9.17) is 0 Å². The van der Waals surface area contributed by atoms with E-state index in [2.05, 4.69) is 4.90 Å². The third-order valence-corrected chi connectivity index (χ3v) is 5.61. The number of hydrogen-bond donors (Lipinski definition) is 0. The molecule has 6 heteroatoms. The molecular weight excluding hydrogens is 369 g/mol. The molecule has 0 spiro atoms. The Morgan fingerprint density at radius 1 is 0.862 bits per heavy atom. The molecule has 1 saturated heterocycles. The van der Waals surface area contributed by atoms with Crippen LogP contribution >= 0.6 is 0 Å². The third kappa shape index (κ3) is 3.44. The molecule has 29 heavy (non-hydrogen) atoms. The maximum atomic E-state index is 13.5. The van der Waals surface area contributed by atoms with Crippen molar-refractivity contribution in [2.45, 2.75) is 13.8 Å². The van der Waals surface area contributed by atoms with Crippen molar-refractivity contribution < 1.29 is 14.0 Å². The number of aryl methyl sites for hydroxylation is 2. The fourth-order valence-corrected chi connectivity index (χ4v) is 3.99. The molecule has 2 aliphatic heterocycles. The fraction of sp³-hybridized carbons (Fsp3) is 0.304. The molecule has 0 saturated carbocycles. The molecule has 2 aromatic carbocycles. The summed E-state index contributed by atoms with van der Waals surface area (Å²) in [5, 5.41) is 0. The van der Waals surface area contributed by atoms with Crippen molar-refractivity contribution in [3.63, 3.8) is 0 Å². The van der Waals surface area contributed by atoms with E-state index in [1.165, 1.54) is 17.0 Å². The molecule has 0 atom stereocenters. The van der Waals surface area contributed by atoms with Crippen molar-refractivity contribution in [2.24, 2.45) is 0 Å². The number of carbonyl (C=O) groups is 2. The van der Waals surface area contributed by atoms with Crippen LogP contribution in [0.1, 0.15) is 16.7 Å². The number of imide groups is 1. The molecule has 0 unspecified atom stereocenters. The molecule has 0 aromatic heterocycles. The quantitative estimate of drug-likeness (QED) is 0.752. The van der Waals surface area contributed by atoms with Gasteiger partial charge in [-0.1, -0.05) is 29.8 Å². The Morgan fingerprint density at radius 3 is 2.14 bits per heavy atom. The summed E-state index contributed by atoms with van der Waals surface area (Å²) in [5.41, 5.74) is 3.84. The summed E-state index contributed by atoms with van der Waals surface area (Å²) in [7, 11) is 2.04. The van der Waals surface area contributed by atoms with Gasteiger partial charge >= 0.3 is 0 Å². The summed E-state index contributed by atoms with van der Waals surface area (Å²) < 4.78 is 13.5. The van der Waals surface area contributed by atoms with Gasteiger partial charge in [-0.2, -0.15) is 0 Å². The van der Waals surface area contributed by atoms with Gasteiger partial charge in [-0.3, -0.25) is 9.59 Å². The van der Waals surface area contributed by atoms with E-state index in [0.717, 1.165) is 24.2 Å². The molecule has 2 heterocycles. The summed E-state index contributed by atoms with van der Waals surface area (Å²) in [6, 6.07) is 11.4. The first-order chi connectivity index (χ1) is 13.9. The maximum absolute atomic E-state index is 13.5. The van der Waals surface area contributed by atoms with Crippen molar-refractivity contribution in [3.8, 4) is 0 Å². The Kier molecular flexibility index (Phi) is 4.96. The average molecular weight is 393 g/mol. The molecule has 0 bridgehead atoms. The van der Waals surface area contributed by atoms with Gasteiger partial charge in [0.15, 0.2) is 0 Å². The van der Waals surface area contributed by atoms with Crippen LogP contribution in [0.4, 0.5) is 10.1 Å². The minimum absolute atomic E-state index is 0.314. The summed E-state index contributed by atoms with van der Waals surface area (Å²) in [6.45, 7) is 6.82. The normalized spacial score (nSPS) is 18.2. The zero-order valence-corrected chi connectivity index (χ0v) is 16.9. The van der Waals surface area contributed by atoms with Gasteiger partial charge < -0.3 is 9.80 Å². The Bertz CT molecular complexity index is 1010. The van der Waals surface area contributed by atoms with Crippen molar-refractivity contribution in [3.05, 3.63) is 70.7 Å². The van der Waals surface area contributed by atoms with Gasteiger partial charge in [0, 0.05) is 26.2 Å². The summed E-state index contributed by atoms with van der Waals surface area (Å²) in [5.74, 6) is -1.05. The van der Waals surface area contributed by atoms with Gasteiger partial charge in [0.05, 0.1) is 11.3 Å². The SMILES string of the molecule is Cc1ccc(N2C(=O)C(c3ccc(F)cc3)=C(N3CCN(C)CC3)C2=O)c(C)c1. The van der Waals surface area contributed by atoms with Crippen LogP contribution in [-0.4, -0.2) is 54.8 Å². The first kappa shape index (κ1) is 19.3. The Labute approximate surface area is 170 Å². The smallest absolute Gasteiger partial charge is 0.282 e. The number of benzene rings is 2. The molecule has 1 fully saturated rings. The second kappa shape index (κ2) is 7.44. The fourth-order valence-electron chi connectivity index (χ4n) is 3.99. The highest BCUT2D eigenvalue weighted by Crippen LogP contribution is 2.36. The van der Waals surface area contributed by atoms with Crippen LogP contribution < -0.4 is 4.90 Å². The van der Waals surface area contributed by atoms with Crippen LogP contribution in [0.3, 0.4) is 0 Å². The molecular formula is C23H24FN3O2. The zero-order chi connectivity index (χ0) is 20.7. The van der Waals surface area contributed by atoms with Crippen molar-refractivity contribution >= 4 is 23.1 Å². The highest BCUT2D eigenvalue weighted by Gasteiger charge is 2.43. The predicted octanol–water partition coefficient (Wildman–Crippen LogP) is 2.97. The average Bonchev–Trinajstić information content (AvgIpc) is 2.94. The molecule has 0 N–H and O–H groups in total. The molecule has 2 amide bonds. The lowest BCUT2D eigenvalue weighted by atomic mass is 10.0. The molecule has 4 rings (SSSR count). The lowest BCUT2D eigenvalue weighted by Crippen LogP contribution is -2.46. The van der Waals surface area contributed by atoms with Crippen LogP contribution in [0.5, 0.6) is 0 Å². The van der Waals surface area contributed by atoms with Gasteiger partial charge in [0.1, 0.15) is 11.5 Å².